The number of hydrogen-bond acceptors (Lipinski definition) is 2. The van der Waals surface area contributed by atoms with Crippen LogP contribution in [-0.4, -0.2) is 19.0 Å². The van der Waals surface area contributed by atoms with E-state index in [-0.39, 0.29) is 18.3 Å². The average molecular weight is 277 g/mol. The van der Waals surface area contributed by atoms with Gasteiger partial charge in [0.15, 0.2) is 0 Å². The van der Waals surface area contributed by atoms with Crippen LogP contribution in [0.3, 0.4) is 0 Å². The van der Waals surface area contributed by atoms with Crippen LogP contribution in [0.4, 0.5) is 0 Å². The van der Waals surface area contributed by atoms with E-state index < -0.39 is 0 Å². The minimum atomic E-state index is 0. The van der Waals surface area contributed by atoms with Crippen LogP contribution in [0, 0.1) is 0 Å². The Kier molecular flexibility index (Phi) is 8.86. The molecule has 1 aromatic rings. The van der Waals surface area contributed by atoms with E-state index in [1.54, 1.807) is 0 Å². The molecule has 3 nitrogen and oxygen atoms in total. The normalized spacial score (nSPS) is 9.53. The van der Waals surface area contributed by atoms with Crippen molar-refractivity contribution < 1.29 is 4.79 Å². The van der Waals surface area contributed by atoms with Crippen molar-refractivity contribution in [2.24, 2.45) is 5.73 Å². The van der Waals surface area contributed by atoms with E-state index in [9.17, 15) is 4.79 Å². The van der Waals surface area contributed by atoms with E-state index in [4.69, 9.17) is 17.3 Å². The fourth-order valence-electron chi connectivity index (χ4n) is 1.39. The standard InChI is InChI=1S/C12H17ClN2O.ClH/c13-11-5-2-1-4-10(11)7-9-15-12(16)6-3-8-14;/h1-2,4-5H,3,6-9,14H2,(H,15,16);1H. The number of nitrogens with one attached hydrogen (secondary N) is 1. The molecule has 3 N–H and O–H groups in total. The topological polar surface area (TPSA) is 55.1 Å². The van der Waals surface area contributed by atoms with E-state index in [1.807, 2.05) is 24.3 Å². The molecule has 0 aromatic heterocycles. The molecule has 0 radical (unpaired) electrons. The van der Waals surface area contributed by atoms with Crippen LogP contribution < -0.4 is 11.1 Å². The summed E-state index contributed by atoms with van der Waals surface area (Å²) < 4.78 is 0. The number of rotatable bonds is 6. The van der Waals surface area contributed by atoms with E-state index >= 15 is 0 Å². The van der Waals surface area contributed by atoms with E-state index in [0.717, 1.165) is 23.4 Å². The van der Waals surface area contributed by atoms with Crippen molar-refractivity contribution in [3.63, 3.8) is 0 Å². The summed E-state index contributed by atoms with van der Waals surface area (Å²) in [6.45, 7) is 1.17. The summed E-state index contributed by atoms with van der Waals surface area (Å²) in [5.74, 6) is 0.0532. The Morgan fingerprint density at radius 1 is 1.35 bits per heavy atom. The van der Waals surface area contributed by atoms with Gasteiger partial charge in [0.25, 0.3) is 0 Å². The first-order valence-corrected chi connectivity index (χ1v) is 5.82. The smallest absolute Gasteiger partial charge is 0.220 e. The molecule has 1 rings (SSSR count). The Hall–Kier alpha value is -0.770. The van der Waals surface area contributed by atoms with Gasteiger partial charge in [-0.05, 0) is 31.0 Å². The highest BCUT2D eigenvalue weighted by Gasteiger charge is 2.01. The van der Waals surface area contributed by atoms with Gasteiger partial charge in [0.2, 0.25) is 5.91 Å². The molecule has 96 valence electrons. The lowest BCUT2D eigenvalue weighted by molar-refractivity contribution is -0.121. The molecular weight excluding hydrogens is 259 g/mol. The first-order valence-electron chi connectivity index (χ1n) is 5.44. The minimum absolute atomic E-state index is 0. The second kappa shape index (κ2) is 9.28. The van der Waals surface area contributed by atoms with Gasteiger partial charge in [-0.25, -0.2) is 0 Å². The number of amides is 1. The third kappa shape index (κ3) is 6.51. The Bertz CT molecular complexity index is 345. The fourth-order valence-corrected chi connectivity index (χ4v) is 1.62. The lowest BCUT2D eigenvalue weighted by Crippen LogP contribution is -2.26. The van der Waals surface area contributed by atoms with Crippen molar-refractivity contribution in [3.05, 3.63) is 34.9 Å². The van der Waals surface area contributed by atoms with Crippen LogP contribution in [0.5, 0.6) is 0 Å². The summed E-state index contributed by atoms with van der Waals surface area (Å²) >= 11 is 5.99. The zero-order valence-corrected chi connectivity index (χ0v) is 11.2. The molecule has 0 fully saturated rings. The molecule has 0 aliphatic rings. The quantitative estimate of drug-likeness (QED) is 0.837. The molecule has 5 heteroatoms. The van der Waals surface area contributed by atoms with Crippen molar-refractivity contribution in [2.45, 2.75) is 19.3 Å². The molecule has 0 spiro atoms. The number of hydrogen-bond donors (Lipinski definition) is 2. The van der Waals surface area contributed by atoms with Crippen molar-refractivity contribution in [1.82, 2.24) is 5.32 Å². The Balaban J connectivity index is 0.00000256. The summed E-state index contributed by atoms with van der Waals surface area (Å²) in [7, 11) is 0. The zero-order chi connectivity index (χ0) is 11.8. The van der Waals surface area contributed by atoms with Crippen molar-refractivity contribution in [2.75, 3.05) is 13.1 Å². The van der Waals surface area contributed by atoms with Crippen molar-refractivity contribution in [3.8, 4) is 0 Å². The number of halogens is 2. The maximum absolute atomic E-state index is 11.3. The van der Waals surface area contributed by atoms with Crippen LogP contribution in [0.15, 0.2) is 24.3 Å². The molecule has 1 amide bonds. The zero-order valence-electron chi connectivity index (χ0n) is 9.62. The molecule has 0 aliphatic carbocycles. The van der Waals surface area contributed by atoms with Gasteiger partial charge in [0.05, 0.1) is 0 Å². The van der Waals surface area contributed by atoms with Crippen LogP contribution in [-0.2, 0) is 11.2 Å². The van der Waals surface area contributed by atoms with E-state index in [2.05, 4.69) is 5.32 Å². The maximum Gasteiger partial charge on any atom is 0.220 e. The van der Waals surface area contributed by atoms with Gasteiger partial charge in [-0.1, -0.05) is 29.8 Å². The Labute approximate surface area is 113 Å². The third-order valence-corrected chi connectivity index (χ3v) is 2.65. The molecule has 0 aliphatic heterocycles. The number of nitrogens with two attached hydrogens (primary N) is 1. The fraction of sp³-hybridized carbons (Fsp3) is 0.417. The lowest BCUT2D eigenvalue weighted by atomic mass is 10.1. The number of benzene rings is 1. The lowest BCUT2D eigenvalue weighted by Gasteiger charge is -2.06. The second-order valence-electron chi connectivity index (χ2n) is 3.58. The van der Waals surface area contributed by atoms with Crippen LogP contribution >= 0.6 is 24.0 Å². The van der Waals surface area contributed by atoms with Gasteiger partial charge in [0.1, 0.15) is 0 Å². The van der Waals surface area contributed by atoms with Crippen LogP contribution in [0.2, 0.25) is 5.02 Å². The molecule has 0 bridgehead atoms. The molecule has 17 heavy (non-hydrogen) atoms. The highest BCUT2D eigenvalue weighted by molar-refractivity contribution is 6.31. The van der Waals surface area contributed by atoms with Crippen molar-refractivity contribution in [1.29, 1.82) is 0 Å². The molecule has 0 saturated carbocycles. The largest absolute Gasteiger partial charge is 0.356 e. The summed E-state index contributed by atoms with van der Waals surface area (Å²) in [5, 5.41) is 3.59. The van der Waals surface area contributed by atoms with Crippen LogP contribution in [0.25, 0.3) is 0 Å². The highest BCUT2D eigenvalue weighted by Crippen LogP contribution is 2.14. The molecule has 0 unspecified atom stereocenters. The third-order valence-electron chi connectivity index (χ3n) is 2.28. The number of carbonyl (C=O) groups excluding carboxylic acids is 1. The Morgan fingerprint density at radius 2 is 2.06 bits per heavy atom. The van der Waals surface area contributed by atoms with Gasteiger partial charge in [-0.15, -0.1) is 12.4 Å². The summed E-state index contributed by atoms with van der Waals surface area (Å²) in [6.07, 6.45) is 1.99. The summed E-state index contributed by atoms with van der Waals surface area (Å²) in [5.41, 5.74) is 6.38. The van der Waals surface area contributed by atoms with Gasteiger partial charge in [-0.2, -0.15) is 0 Å². The monoisotopic (exact) mass is 276 g/mol. The van der Waals surface area contributed by atoms with E-state index in [0.29, 0.717) is 19.5 Å². The SMILES string of the molecule is Cl.NCCCC(=O)NCCc1ccccc1Cl. The second-order valence-corrected chi connectivity index (χ2v) is 3.99. The first-order chi connectivity index (χ1) is 7.74. The number of carbonyl (C=O) groups is 1. The maximum atomic E-state index is 11.3. The molecule has 0 heterocycles. The van der Waals surface area contributed by atoms with Crippen molar-refractivity contribution >= 4 is 29.9 Å². The molecule has 1 aromatic carbocycles. The van der Waals surface area contributed by atoms with Gasteiger partial charge < -0.3 is 11.1 Å². The first kappa shape index (κ1) is 16.2. The summed E-state index contributed by atoms with van der Waals surface area (Å²) in [6, 6.07) is 7.66. The minimum Gasteiger partial charge on any atom is -0.356 e. The summed E-state index contributed by atoms with van der Waals surface area (Å²) in [4.78, 5) is 11.3. The van der Waals surface area contributed by atoms with Crippen LogP contribution in [0.1, 0.15) is 18.4 Å². The Morgan fingerprint density at radius 3 is 2.71 bits per heavy atom. The van der Waals surface area contributed by atoms with Gasteiger partial charge >= 0.3 is 0 Å². The molecular formula is C12H18Cl2N2O. The highest BCUT2D eigenvalue weighted by atomic mass is 35.5. The van der Waals surface area contributed by atoms with Gasteiger partial charge in [0, 0.05) is 18.0 Å². The molecule has 0 saturated heterocycles. The predicted octanol–water partition coefficient (Wildman–Crippen LogP) is 2.16. The van der Waals surface area contributed by atoms with Gasteiger partial charge in [-0.3, -0.25) is 4.79 Å². The average Bonchev–Trinajstić information content (AvgIpc) is 2.29. The predicted molar refractivity (Wildman–Crippen MR) is 73.7 cm³/mol. The molecule has 0 atom stereocenters. The van der Waals surface area contributed by atoms with E-state index in [1.165, 1.54) is 0 Å².